The van der Waals surface area contributed by atoms with Crippen molar-refractivity contribution in [2.75, 3.05) is 19.5 Å². The van der Waals surface area contributed by atoms with Crippen LogP contribution in [0.3, 0.4) is 0 Å². The molecule has 0 saturated carbocycles. The molecule has 3 nitrogen and oxygen atoms in total. The highest BCUT2D eigenvalue weighted by molar-refractivity contribution is 9.10. The predicted molar refractivity (Wildman–Crippen MR) is 85.7 cm³/mol. The van der Waals surface area contributed by atoms with Crippen LogP contribution in [0.1, 0.15) is 18.5 Å². The van der Waals surface area contributed by atoms with Crippen molar-refractivity contribution in [3.63, 3.8) is 0 Å². The molecule has 1 N–H and O–H groups in total. The SMILES string of the molecule is COc1cc(NC(C)c2ccccc2Br)cc(OC)c1. The monoisotopic (exact) mass is 335 g/mol. The molecule has 0 saturated heterocycles. The second-order valence-electron chi connectivity index (χ2n) is 4.49. The topological polar surface area (TPSA) is 30.5 Å². The molecule has 0 fully saturated rings. The van der Waals surface area contributed by atoms with Crippen LogP contribution in [-0.2, 0) is 0 Å². The number of methoxy groups -OCH3 is 2. The molecule has 2 rings (SSSR count). The largest absolute Gasteiger partial charge is 0.497 e. The summed E-state index contributed by atoms with van der Waals surface area (Å²) in [7, 11) is 3.30. The Kier molecular flexibility index (Phi) is 4.90. The molecule has 1 unspecified atom stereocenters. The van der Waals surface area contributed by atoms with Crippen LogP contribution in [0.15, 0.2) is 46.9 Å². The number of anilines is 1. The van der Waals surface area contributed by atoms with Crippen molar-refractivity contribution in [2.24, 2.45) is 0 Å². The van der Waals surface area contributed by atoms with Crippen molar-refractivity contribution in [1.29, 1.82) is 0 Å². The lowest BCUT2D eigenvalue weighted by atomic mass is 10.1. The highest BCUT2D eigenvalue weighted by atomic mass is 79.9. The molecule has 0 bridgehead atoms. The quantitative estimate of drug-likeness (QED) is 0.863. The van der Waals surface area contributed by atoms with Crippen LogP contribution >= 0.6 is 15.9 Å². The summed E-state index contributed by atoms with van der Waals surface area (Å²) in [6, 6.07) is 14.1. The molecule has 2 aromatic rings. The molecule has 0 aliphatic heterocycles. The van der Waals surface area contributed by atoms with Crippen LogP contribution in [0, 0.1) is 0 Å². The van der Waals surface area contributed by atoms with E-state index in [9.17, 15) is 0 Å². The van der Waals surface area contributed by atoms with Crippen LogP contribution in [0.4, 0.5) is 5.69 Å². The van der Waals surface area contributed by atoms with Crippen LogP contribution < -0.4 is 14.8 Å². The summed E-state index contributed by atoms with van der Waals surface area (Å²) in [5, 5.41) is 3.46. The van der Waals surface area contributed by atoms with Crippen molar-refractivity contribution < 1.29 is 9.47 Å². The third-order valence-corrected chi connectivity index (χ3v) is 3.83. The van der Waals surface area contributed by atoms with Gasteiger partial charge in [-0.3, -0.25) is 0 Å². The summed E-state index contributed by atoms with van der Waals surface area (Å²) in [6.07, 6.45) is 0. The standard InChI is InChI=1S/C16H18BrNO2/c1-11(15-6-4-5-7-16(15)17)18-12-8-13(19-2)10-14(9-12)20-3/h4-11,18H,1-3H3. The summed E-state index contributed by atoms with van der Waals surface area (Å²) >= 11 is 3.58. The van der Waals surface area contributed by atoms with E-state index in [2.05, 4.69) is 34.2 Å². The first-order valence-electron chi connectivity index (χ1n) is 6.38. The van der Waals surface area contributed by atoms with Gasteiger partial charge in [-0.15, -0.1) is 0 Å². The Hall–Kier alpha value is -1.68. The lowest BCUT2D eigenvalue weighted by Gasteiger charge is -2.18. The number of halogens is 1. The summed E-state index contributed by atoms with van der Waals surface area (Å²) in [5.41, 5.74) is 2.17. The fourth-order valence-corrected chi connectivity index (χ4v) is 2.67. The first-order valence-corrected chi connectivity index (χ1v) is 7.17. The van der Waals surface area contributed by atoms with E-state index in [4.69, 9.17) is 9.47 Å². The molecule has 0 spiro atoms. The minimum atomic E-state index is 0.169. The zero-order valence-electron chi connectivity index (χ0n) is 11.8. The first kappa shape index (κ1) is 14.7. The molecule has 2 aromatic carbocycles. The van der Waals surface area contributed by atoms with Gasteiger partial charge in [0.15, 0.2) is 0 Å². The van der Waals surface area contributed by atoms with Crippen LogP contribution in [0.25, 0.3) is 0 Å². The van der Waals surface area contributed by atoms with Gasteiger partial charge in [0.2, 0.25) is 0 Å². The predicted octanol–water partition coefficient (Wildman–Crippen LogP) is 4.64. The first-order chi connectivity index (χ1) is 9.63. The maximum absolute atomic E-state index is 5.28. The summed E-state index contributed by atoms with van der Waals surface area (Å²) in [4.78, 5) is 0. The van der Waals surface area contributed by atoms with Gasteiger partial charge < -0.3 is 14.8 Å². The lowest BCUT2D eigenvalue weighted by molar-refractivity contribution is 0.394. The van der Waals surface area contributed by atoms with Gasteiger partial charge in [-0.05, 0) is 18.6 Å². The number of hydrogen-bond donors (Lipinski definition) is 1. The van der Waals surface area contributed by atoms with Crippen LogP contribution in [-0.4, -0.2) is 14.2 Å². The minimum Gasteiger partial charge on any atom is -0.497 e. The van der Waals surface area contributed by atoms with E-state index in [1.807, 2.05) is 36.4 Å². The fraction of sp³-hybridized carbons (Fsp3) is 0.250. The average Bonchev–Trinajstić information content (AvgIpc) is 2.47. The van der Waals surface area contributed by atoms with Crippen molar-refractivity contribution in [2.45, 2.75) is 13.0 Å². The third kappa shape index (κ3) is 3.45. The van der Waals surface area contributed by atoms with E-state index < -0.39 is 0 Å². The average molecular weight is 336 g/mol. The van der Waals surface area contributed by atoms with E-state index in [1.165, 1.54) is 5.56 Å². The van der Waals surface area contributed by atoms with Gasteiger partial charge in [0.05, 0.1) is 14.2 Å². The number of hydrogen-bond acceptors (Lipinski definition) is 3. The number of nitrogens with one attached hydrogen (secondary N) is 1. The zero-order chi connectivity index (χ0) is 14.5. The maximum Gasteiger partial charge on any atom is 0.124 e. The molecule has 0 heterocycles. The van der Waals surface area contributed by atoms with Gasteiger partial charge in [-0.2, -0.15) is 0 Å². The van der Waals surface area contributed by atoms with E-state index in [0.717, 1.165) is 21.7 Å². The Labute approximate surface area is 128 Å². The second-order valence-corrected chi connectivity index (χ2v) is 5.34. The van der Waals surface area contributed by atoms with Crippen molar-refractivity contribution in [1.82, 2.24) is 0 Å². The highest BCUT2D eigenvalue weighted by Gasteiger charge is 2.10. The highest BCUT2D eigenvalue weighted by Crippen LogP contribution is 2.30. The van der Waals surface area contributed by atoms with Gasteiger partial charge in [0.1, 0.15) is 11.5 Å². The van der Waals surface area contributed by atoms with Gasteiger partial charge >= 0.3 is 0 Å². The smallest absolute Gasteiger partial charge is 0.124 e. The Bertz CT molecular complexity index is 564. The summed E-state index contributed by atoms with van der Waals surface area (Å²) < 4.78 is 11.7. The maximum atomic E-state index is 5.28. The zero-order valence-corrected chi connectivity index (χ0v) is 13.4. The van der Waals surface area contributed by atoms with E-state index in [1.54, 1.807) is 14.2 Å². The molecule has 0 radical (unpaired) electrons. The van der Waals surface area contributed by atoms with Gasteiger partial charge in [0, 0.05) is 34.4 Å². The Morgan fingerprint density at radius 2 is 1.60 bits per heavy atom. The minimum absolute atomic E-state index is 0.169. The summed E-state index contributed by atoms with van der Waals surface area (Å²) in [6.45, 7) is 2.12. The normalized spacial score (nSPS) is 11.8. The number of ether oxygens (including phenoxy) is 2. The van der Waals surface area contributed by atoms with Crippen molar-refractivity contribution in [3.8, 4) is 11.5 Å². The molecule has 0 amide bonds. The number of rotatable bonds is 5. The van der Waals surface area contributed by atoms with E-state index in [-0.39, 0.29) is 6.04 Å². The molecular formula is C16H18BrNO2. The fourth-order valence-electron chi connectivity index (χ4n) is 2.04. The molecule has 1 atom stereocenters. The second kappa shape index (κ2) is 6.66. The molecule has 106 valence electrons. The Morgan fingerprint density at radius 3 is 2.15 bits per heavy atom. The Morgan fingerprint density at radius 1 is 1.00 bits per heavy atom. The van der Waals surface area contributed by atoms with Gasteiger partial charge in [-0.25, -0.2) is 0 Å². The van der Waals surface area contributed by atoms with Crippen LogP contribution in [0.2, 0.25) is 0 Å². The van der Waals surface area contributed by atoms with E-state index in [0.29, 0.717) is 0 Å². The lowest BCUT2D eigenvalue weighted by Crippen LogP contribution is -2.07. The molecule has 0 aliphatic carbocycles. The molecule has 20 heavy (non-hydrogen) atoms. The molecule has 0 aromatic heterocycles. The molecule has 4 heteroatoms. The van der Waals surface area contributed by atoms with Crippen molar-refractivity contribution in [3.05, 3.63) is 52.5 Å². The third-order valence-electron chi connectivity index (χ3n) is 3.11. The van der Waals surface area contributed by atoms with E-state index >= 15 is 0 Å². The van der Waals surface area contributed by atoms with Crippen LogP contribution in [0.5, 0.6) is 11.5 Å². The van der Waals surface area contributed by atoms with Gasteiger partial charge in [-0.1, -0.05) is 34.1 Å². The molecular weight excluding hydrogens is 318 g/mol. The Balaban J connectivity index is 2.23. The summed E-state index contributed by atoms with van der Waals surface area (Å²) in [5.74, 6) is 1.54. The van der Waals surface area contributed by atoms with Gasteiger partial charge in [0.25, 0.3) is 0 Å². The van der Waals surface area contributed by atoms with Crippen molar-refractivity contribution >= 4 is 21.6 Å². The molecule has 0 aliphatic rings. The number of benzene rings is 2.